The van der Waals surface area contributed by atoms with Gasteiger partial charge in [0.25, 0.3) is 6.43 Å². The molecule has 0 bridgehead atoms. The van der Waals surface area contributed by atoms with Crippen molar-refractivity contribution in [1.29, 1.82) is 0 Å². The van der Waals surface area contributed by atoms with Crippen LogP contribution in [0.4, 0.5) is 8.78 Å². The molecule has 0 unspecified atom stereocenters. The number of thiophene rings is 1. The first kappa shape index (κ1) is 8.46. The summed E-state index contributed by atoms with van der Waals surface area (Å²) in [6.45, 7) is 1.39. The van der Waals surface area contributed by atoms with E-state index in [0.717, 1.165) is 4.88 Å². The summed E-state index contributed by atoms with van der Waals surface area (Å²) >= 11 is 1.37. The summed E-state index contributed by atoms with van der Waals surface area (Å²) in [7, 11) is 0. The van der Waals surface area contributed by atoms with Crippen molar-refractivity contribution < 1.29 is 13.5 Å². The molecule has 0 aromatic carbocycles. The van der Waals surface area contributed by atoms with E-state index in [1.54, 1.807) is 6.07 Å². The Bertz CT molecular complexity index is 222. The fourth-order valence-corrected chi connectivity index (χ4v) is 1.35. The van der Waals surface area contributed by atoms with Crippen molar-refractivity contribution in [2.45, 2.75) is 13.3 Å². The number of rotatable bonds is 3. The van der Waals surface area contributed by atoms with Gasteiger partial charge in [0, 0.05) is 4.88 Å². The van der Waals surface area contributed by atoms with Gasteiger partial charge < -0.3 is 4.74 Å². The van der Waals surface area contributed by atoms with Crippen LogP contribution in [-0.2, 0) is 0 Å². The fraction of sp³-hybridized carbons (Fsp3) is 0.429. The first-order valence-electron chi connectivity index (χ1n) is 3.16. The zero-order chi connectivity index (χ0) is 8.27. The normalized spacial score (nSPS) is 10.5. The van der Waals surface area contributed by atoms with E-state index in [9.17, 15) is 8.78 Å². The van der Waals surface area contributed by atoms with E-state index in [-0.39, 0.29) is 0 Å². The summed E-state index contributed by atoms with van der Waals surface area (Å²) < 4.78 is 28.0. The second-order valence-electron chi connectivity index (χ2n) is 2.07. The highest BCUT2D eigenvalue weighted by Gasteiger charge is 2.03. The van der Waals surface area contributed by atoms with Gasteiger partial charge in [0.1, 0.15) is 6.61 Å². The standard InChI is InChI=1S/C7H8F2OS/c1-5-2-3-7(11-5)10-4-6(8)9/h2-3,6H,4H2,1H3. The molecule has 62 valence electrons. The molecular weight excluding hydrogens is 170 g/mol. The van der Waals surface area contributed by atoms with Gasteiger partial charge in [0.2, 0.25) is 0 Å². The van der Waals surface area contributed by atoms with E-state index in [4.69, 9.17) is 4.74 Å². The third kappa shape index (κ3) is 2.84. The molecule has 0 fully saturated rings. The summed E-state index contributed by atoms with van der Waals surface area (Å²) in [5, 5.41) is 0.558. The van der Waals surface area contributed by atoms with Crippen LogP contribution in [0.2, 0.25) is 0 Å². The zero-order valence-corrected chi connectivity index (χ0v) is 6.83. The van der Waals surface area contributed by atoms with Gasteiger partial charge >= 0.3 is 0 Å². The van der Waals surface area contributed by atoms with Crippen LogP contribution in [0.15, 0.2) is 12.1 Å². The number of halogens is 2. The van der Waals surface area contributed by atoms with Crippen LogP contribution in [-0.4, -0.2) is 13.0 Å². The van der Waals surface area contributed by atoms with E-state index in [1.165, 1.54) is 11.3 Å². The van der Waals surface area contributed by atoms with Gasteiger partial charge in [-0.15, -0.1) is 11.3 Å². The third-order valence-corrected chi connectivity index (χ3v) is 1.98. The highest BCUT2D eigenvalue weighted by atomic mass is 32.1. The molecule has 0 saturated carbocycles. The summed E-state index contributed by atoms with van der Waals surface area (Å²) in [4.78, 5) is 1.06. The average Bonchev–Trinajstić information content (AvgIpc) is 2.31. The Morgan fingerprint density at radius 2 is 2.27 bits per heavy atom. The first-order valence-corrected chi connectivity index (χ1v) is 3.97. The van der Waals surface area contributed by atoms with Crippen LogP contribution in [0.25, 0.3) is 0 Å². The van der Waals surface area contributed by atoms with E-state index in [0.29, 0.717) is 5.06 Å². The molecule has 0 N–H and O–H groups in total. The Morgan fingerprint density at radius 1 is 1.55 bits per heavy atom. The van der Waals surface area contributed by atoms with Crippen LogP contribution >= 0.6 is 11.3 Å². The summed E-state index contributed by atoms with van der Waals surface area (Å²) in [5.74, 6) is 0. The minimum Gasteiger partial charge on any atom is -0.478 e. The summed E-state index contributed by atoms with van der Waals surface area (Å²) in [5.41, 5.74) is 0. The molecule has 0 saturated heterocycles. The molecule has 0 aliphatic rings. The summed E-state index contributed by atoms with van der Waals surface area (Å²) in [6, 6.07) is 3.54. The second-order valence-corrected chi connectivity index (χ2v) is 3.32. The molecule has 0 aliphatic carbocycles. The van der Waals surface area contributed by atoms with Crippen LogP contribution in [0.1, 0.15) is 4.88 Å². The molecule has 1 nitrogen and oxygen atoms in total. The van der Waals surface area contributed by atoms with Gasteiger partial charge in [-0.3, -0.25) is 0 Å². The first-order chi connectivity index (χ1) is 5.18. The van der Waals surface area contributed by atoms with Crippen LogP contribution < -0.4 is 4.74 Å². The molecule has 1 aromatic heterocycles. The lowest BCUT2D eigenvalue weighted by Crippen LogP contribution is -2.05. The highest BCUT2D eigenvalue weighted by Crippen LogP contribution is 2.23. The van der Waals surface area contributed by atoms with E-state index < -0.39 is 13.0 Å². The van der Waals surface area contributed by atoms with Crippen molar-refractivity contribution in [3.63, 3.8) is 0 Å². The maximum absolute atomic E-state index is 11.6. The van der Waals surface area contributed by atoms with E-state index in [1.807, 2.05) is 13.0 Å². The molecule has 0 radical (unpaired) electrons. The quantitative estimate of drug-likeness (QED) is 0.691. The number of hydrogen-bond acceptors (Lipinski definition) is 2. The Kier molecular flexibility index (Phi) is 2.82. The smallest absolute Gasteiger partial charge is 0.272 e. The van der Waals surface area contributed by atoms with Gasteiger partial charge in [-0.05, 0) is 19.1 Å². The minimum absolute atomic E-state index is 0.514. The van der Waals surface area contributed by atoms with Gasteiger partial charge in [0.05, 0.1) is 0 Å². The van der Waals surface area contributed by atoms with Crippen molar-refractivity contribution >= 4 is 11.3 Å². The number of alkyl halides is 2. The van der Waals surface area contributed by atoms with E-state index in [2.05, 4.69) is 0 Å². The molecule has 0 atom stereocenters. The SMILES string of the molecule is Cc1ccc(OCC(F)F)s1. The van der Waals surface area contributed by atoms with Crippen molar-refractivity contribution in [3.8, 4) is 5.06 Å². The molecule has 0 amide bonds. The minimum atomic E-state index is -2.39. The Hall–Kier alpha value is -0.640. The molecule has 1 rings (SSSR count). The largest absolute Gasteiger partial charge is 0.478 e. The molecule has 1 aromatic rings. The van der Waals surface area contributed by atoms with Crippen LogP contribution in [0, 0.1) is 6.92 Å². The Morgan fingerprint density at radius 3 is 2.73 bits per heavy atom. The number of ether oxygens (including phenoxy) is 1. The third-order valence-electron chi connectivity index (χ3n) is 1.07. The second kappa shape index (κ2) is 3.67. The van der Waals surface area contributed by atoms with Gasteiger partial charge in [-0.25, -0.2) is 8.78 Å². The lowest BCUT2D eigenvalue weighted by molar-refractivity contribution is 0.0838. The van der Waals surface area contributed by atoms with Crippen molar-refractivity contribution in [3.05, 3.63) is 17.0 Å². The molecule has 1 heterocycles. The van der Waals surface area contributed by atoms with Crippen molar-refractivity contribution in [2.24, 2.45) is 0 Å². The Labute approximate surface area is 67.6 Å². The molecule has 4 heteroatoms. The topological polar surface area (TPSA) is 9.23 Å². The highest BCUT2D eigenvalue weighted by molar-refractivity contribution is 7.13. The van der Waals surface area contributed by atoms with Crippen LogP contribution in [0.5, 0.6) is 5.06 Å². The number of aryl methyl sites for hydroxylation is 1. The van der Waals surface area contributed by atoms with Crippen LogP contribution in [0.3, 0.4) is 0 Å². The predicted molar refractivity (Wildman–Crippen MR) is 40.6 cm³/mol. The predicted octanol–water partition coefficient (Wildman–Crippen LogP) is 2.70. The lowest BCUT2D eigenvalue weighted by Gasteiger charge is -1.99. The molecule has 0 spiro atoms. The molecule has 0 aliphatic heterocycles. The summed E-state index contributed by atoms with van der Waals surface area (Å²) in [6.07, 6.45) is -2.39. The monoisotopic (exact) mass is 178 g/mol. The Balaban J connectivity index is 2.39. The van der Waals surface area contributed by atoms with Crippen molar-refractivity contribution in [2.75, 3.05) is 6.61 Å². The molecule has 11 heavy (non-hydrogen) atoms. The average molecular weight is 178 g/mol. The van der Waals surface area contributed by atoms with E-state index >= 15 is 0 Å². The van der Waals surface area contributed by atoms with Gasteiger partial charge in [-0.1, -0.05) is 0 Å². The number of hydrogen-bond donors (Lipinski definition) is 0. The maximum atomic E-state index is 11.6. The van der Waals surface area contributed by atoms with Crippen molar-refractivity contribution in [1.82, 2.24) is 0 Å². The zero-order valence-electron chi connectivity index (χ0n) is 6.01. The maximum Gasteiger partial charge on any atom is 0.272 e. The van der Waals surface area contributed by atoms with Gasteiger partial charge in [-0.2, -0.15) is 0 Å². The lowest BCUT2D eigenvalue weighted by atomic mass is 10.5. The van der Waals surface area contributed by atoms with Gasteiger partial charge in [0.15, 0.2) is 5.06 Å². The fourth-order valence-electron chi connectivity index (χ4n) is 0.635. The molecular formula is C7H8F2OS.